The van der Waals surface area contributed by atoms with Gasteiger partial charge in [0.2, 0.25) is 5.91 Å². The van der Waals surface area contributed by atoms with Gasteiger partial charge < -0.3 is 20.5 Å². The van der Waals surface area contributed by atoms with E-state index in [0.717, 1.165) is 4.90 Å². The van der Waals surface area contributed by atoms with Gasteiger partial charge in [0.05, 0.1) is 5.56 Å². The molecule has 4 N–H and O–H groups in total. The van der Waals surface area contributed by atoms with Crippen molar-refractivity contribution in [2.24, 2.45) is 5.73 Å². The molecule has 2 aromatic rings. The van der Waals surface area contributed by atoms with Crippen LogP contribution >= 0.6 is 0 Å². The highest BCUT2D eigenvalue weighted by atomic mass is 16.5. The Hall–Kier alpha value is -3.94. The molecule has 0 atom stereocenters. The SMILES string of the molecule is CC(=Cc1ccc(C(=O)Oc2ccc(C(=N)N)cc2)cc1)C(=O)N(C)CC(=O)O. The Morgan fingerprint density at radius 1 is 1.07 bits per heavy atom. The topological polar surface area (TPSA) is 134 Å². The van der Waals surface area contributed by atoms with Crippen LogP contribution in [0.25, 0.3) is 6.08 Å². The Morgan fingerprint density at radius 3 is 2.14 bits per heavy atom. The Bertz CT molecular complexity index is 963. The highest BCUT2D eigenvalue weighted by Gasteiger charge is 2.14. The van der Waals surface area contributed by atoms with Gasteiger partial charge in [0, 0.05) is 18.2 Å². The molecule has 0 aromatic heterocycles. The molecular formula is C21H21N3O5. The number of carboxylic acid groups (broad SMARTS) is 1. The zero-order chi connectivity index (χ0) is 21.6. The number of nitrogens with one attached hydrogen (secondary N) is 1. The van der Waals surface area contributed by atoms with E-state index < -0.39 is 17.8 Å². The molecule has 0 saturated heterocycles. The Labute approximate surface area is 167 Å². The average Bonchev–Trinajstić information content (AvgIpc) is 2.67. The monoisotopic (exact) mass is 395 g/mol. The number of rotatable bonds is 7. The van der Waals surface area contributed by atoms with Crippen molar-refractivity contribution in [3.8, 4) is 5.75 Å². The van der Waals surface area contributed by atoms with Gasteiger partial charge in [0.1, 0.15) is 18.1 Å². The van der Waals surface area contributed by atoms with Crippen LogP contribution in [0, 0.1) is 5.41 Å². The standard InChI is InChI=1S/C21H21N3O5/c1-13(20(27)24(2)12-18(25)26)11-14-3-5-16(6-4-14)21(28)29-17-9-7-15(8-10-17)19(22)23/h3-11H,12H2,1-2H3,(H3,22,23)(H,25,26). The van der Waals surface area contributed by atoms with Crippen LogP contribution in [0.4, 0.5) is 0 Å². The van der Waals surface area contributed by atoms with Gasteiger partial charge in [-0.1, -0.05) is 12.1 Å². The normalized spacial score (nSPS) is 10.9. The number of nitrogens with two attached hydrogens (primary N) is 1. The number of carboxylic acids is 1. The summed E-state index contributed by atoms with van der Waals surface area (Å²) in [6.07, 6.45) is 1.61. The molecule has 0 saturated carbocycles. The van der Waals surface area contributed by atoms with Crippen LogP contribution in [0.5, 0.6) is 5.75 Å². The maximum atomic E-state index is 12.2. The second-order valence-corrected chi connectivity index (χ2v) is 6.33. The van der Waals surface area contributed by atoms with Crippen LogP contribution in [0.2, 0.25) is 0 Å². The lowest BCUT2D eigenvalue weighted by Crippen LogP contribution is -2.32. The minimum absolute atomic E-state index is 0.0746. The molecule has 0 fully saturated rings. The number of ether oxygens (including phenoxy) is 1. The largest absolute Gasteiger partial charge is 0.480 e. The summed E-state index contributed by atoms with van der Waals surface area (Å²) in [6.45, 7) is 1.20. The van der Waals surface area contributed by atoms with E-state index in [2.05, 4.69) is 0 Å². The summed E-state index contributed by atoms with van der Waals surface area (Å²) in [5.74, 6) is -1.79. The molecule has 0 unspecified atom stereocenters. The van der Waals surface area contributed by atoms with Gasteiger partial charge in [-0.3, -0.25) is 15.0 Å². The number of hydrogen-bond donors (Lipinski definition) is 3. The molecular weight excluding hydrogens is 374 g/mol. The first-order valence-corrected chi connectivity index (χ1v) is 8.59. The fourth-order valence-corrected chi connectivity index (χ4v) is 2.47. The zero-order valence-corrected chi connectivity index (χ0v) is 16.0. The minimum Gasteiger partial charge on any atom is -0.480 e. The van der Waals surface area contributed by atoms with E-state index in [1.165, 1.54) is 7.05 Å². The molecule has 1 amide bonds. The van der Waals surface area contributed by atoms with Crippen LogP contribution in [-0.4, -0.2) is 47.3 Å². The van der Waals surface area contributed by atoms with Crippen molar-refractivity contribution in [1.82, 2.24) is 4.90 Å². The quantitative estimate of drug-likeness (QED) is 0.216. The fourth-order valence-electron chi connectivity index (χ4n) is 2.47. The number of amidine groups is 1. The number of benzene rings is 2. The van der Waals surface area contributed by atoms with Crippen LogP contribution in [-0.2, 0) is 9.59 Å². The third-order valence-corrected chi connectivity index (χ3v) is 3.96. The molecule has 8 nitrogen and oxygen atoms in total. The highest BCUT2D eigenvalue weighted by Crippen LogP contribution is 2.16. The molecule has 0 bridgehead atoms. The number of nitrogens with zero attached hydrogens (tertiary/aromatic N) is 1. The van der Waals surface area contributed by atoms with E-state index >= 15 is 0 Å². The number of likely N-dealkylation sites (N-methyl/N-ethyl adjacent to an activating group) is 1. The third-order valence-electron chi connectivity index (χ3n) is 3.96. The number of nitrogen functional groups attached to an aromatic ring is 1. The third kappa shape index (κ3) is 6.03. The van der Waals surface area contributed by atoms with E-state index in [0.29, 0.717) is 28.0 Å². The first kappa shape index (κ1) is 21.4. The Kier molecular flexibility index (Phi) is 6.86. The van der Waals surface area contributed by atoms with E-state index in [4.69, 9.17) is 21.0 Å². The predicted molar refractivity (Wildman–Crippen MR) is 108 cm³/mol. The lowest BCUT2D eigenvalue weighted by atomic mass is 10.1. The second kappa shape index (κ2) is 9.32. The first-order chi connectivity index (χ1) is 13.7. The number of amides is 1. The van der Waals surface area contributed by atoms with E-state index in [9.17, 15) is 14.4 Å². The summed E-state index contributed by atoms with van der Waals surface area (Å²) < 4.78 is 5.28. The second-order valence-electron chi connectivity index (χ2n) is 6.33. The average molecular weight is 395 g/mol. The molecule has 0 aliphatic carbocycles. The van der Waals surface area contributed by atoms with Crippen molar-refractivity contribution < 1.29 is 24.2 Å². The summed E-state index contributed by atoms with van der Waals surface area (Å²) in [5.41, 5.74) is 7.29. The number of aliphatic carboxylic acids is 1. The smallest absolute Gasteiger partial charge is 0.343 e. The summed E-state index contributed by atoms with van der Waals surface area (Å²) in [6, 6.07) is 12.7. The molecule has 0 spiro atoms. The van der Waals surface area contributed by atoms with Crippen LogP contribution in [0.1, 0.15) is 28.4 Å². The summed E-state index contributed by atoms with van der Waals surface area (Å²) >= 11 is 0. The van der Waals surface area contributed by atoms with Crippen molar-refractivity contribution >= 4 is 29.8 Å². The van der Waals surface area contributed by atoms with E-state index in [1.807, 2.05) is 0 Å². The Morgan fingerprint density at radius 2 is 1.62 bits per heavy atom. The fraction of sp³-hybridized carbons (Fsp3) is 0.143. The molecule has 0 radical (unpaired) electrons. The van der Waals surface area contributed by atoms with Crippen molar-refractivity contribution in [3.63, 3.8) is 0 Å². The number of hydrogen-bond acceptors (Lipinski definition) is 5. The van der Waals surface area contributed by atoms with Gasteiger partial charge in [-0.05, 0) is 55.0 Å². The number of esters is 1. The molecule has 8 heteroatoms. The van der Waals surface area contributed by atoms with Gasteiger partial charge in [-0.15, -0.1) is 0 Å². The lowest BCUT2D eigenvalue weighted by molar-refractivity contribution is -0.142. The lowest BCUT2D eigenvalue weighted by Gasteiger charge is -2.14. The number of carbonyl (C=O) groups excluding carboxylic acids is 2. The Balaban J connectivity index is 2.05. The van der Waals surface area contributed by atoms with Gasteiger partial charge in [0.25, 0.3) is 0 Å². The van der Waals surface area contributed by atoms with Crippen LogP contribution in [0.15, 0.2) is 54.1 Å². The van der Waals surface area contributed by atoms with Crippen molar-refractivity contribution in [3.05, 3.63) is 70.8 Å². The summed E-state index contributed by atoms with van der Waals surface area (Å²) in [4.78, 5) is 36.2. The molecule has 2 rings (SSSR count). The number of carbonyl (C=O) groups is 3. The summed E-state index contributed by atoms with van der Waals surface area (Å²) in [7, 11) is 1.41. The first-order valence-electron chi connectivity index (χ1n) is 8.59. The molecule has 0 heterocycles. The van der Waals surface area contributed by atoms with Gasteiger partial charge in [-0.25, -0.2) is 4.79 Å². The van der Waals surface area contributed by atoms with E-state index in [1.54, 1.807) is 61.5 Å². The van der Waals surface area contributed by atoms with Crippen LogP contribution < -0.4 is 10.5 Å². The summed E-state index contributed by atoms with van der Waals surface area (Å²) in [5, 5.41) is 16.1. The van der Waals surface area contributed by atoms with E-state index in [-0.39, 0.29) is 12.4 Å². The van der Waals surface area contributed by atoms with Crippen molar-refractivity contribution in [2.45, 2.75) is 6.92 Å². The van der Waals surface area contributed by atoms with Gasteiger partial charge in [0.15, 0.2) is 0 Å². The predicted octanol–water partition coefficient (Wildman–Crippen LogP) is 2.14. The molecule has 2 aromatic carbocycles. The maximum absolute atomic E-state index is 12.2. The maximum Gasteiger partial charge on any atom is 0.343 e. The molecule has 150 valence electrons. The van der Waals surface area contributed by atoms with Crippen molar-refractivity contribution in [2.75, 3.05) is 13.6 Å². The highest BCUT2D eigenvalue weighted by molar-refractivity contribution is 5.98. The minimum atomic E-state index is -1.09. The van der Waals surface area contributed by atoms with Crippen LogP contribution in [0.3, 0.4) is 0 Å². The van der Waals surface area contributed by atoms with Gasteiger partial charge >= 0.3 is 11.9 Å². The van der Waals surface area contributed by atoms with Gasteiger partial charge in [-0.2, -0.15) is 0 Å². The molecule has 29 heavy (non-hydrogen) atoms. The molecule has 0 aliphatic rings. The molecule has 0 aliphatic heterocycles. The van der Waals surface area contributed by atoms with Crippen molar-refractivity contribution in [1.29, 1.82) is 5.41 Å². The zero-order valence-electron chi connectivity index (χ0n) is 16.0.